The summed E-state index contributed by atoms with van der Waals surface area (Å²) >= 11 is 0. The van der Waals surface area contributed by atoms with Gasteiger partial charge >= 0.3 is 12.1 Å². The van der Waals surface area contributed by atoms with E-state index in [1.165, 1.54) is 12.3 Å². The lowest BCUT2D eigenvalue weighted by Gasteiger charge is -2.21. The van der Waals surface area contributed by atoms with Gasteiger partial charge in [-0.3, -0.25) is 4.98 Å². The summed E-state index contributed by atoms with van der Waals surface area (Å²) in [5.74, 6) is -1.53. The first-order valence-electron chi connectivity index (χ1n) is 7.79. The van der Waals surface area contributed by atoms with Crippen LogP contribution in [0.4, 0.5) is 4.79 Å². The summed E-state index contributed by atoms with van der Waals surface area (Å²) in [6.45, 7) is 1.76. The minimum absolute atomic E-state index is 0.0359. The highest BCUT2D eigenvalue weighted by molar-refractivity contribution is 5.80. The van der Waals surface area contributed by atoms with Gasteiger partial charge in [-0.2, -0.15) is 0 Å². The molecule has 2 aromatic rings. The fourth-order valence-corrected chi connectivity index (χ4v) is 2.32. The standard InChI is InChI=1S/C18H20N2O5/c1-12(9-14-7-8-15(21)10-19-14)16(17(22)23)20-18(24)25-11-13-5-3-2-4-6-13/h2-8,10,12,16,21H,9,11H2,1H3,(H,20,24)(H,22,23)/t12?,16-/m1/s1. The van der Waals surface area contributed by atoms with Crippen LogP contribution in [0.2, 0.25) is 0 Å². The van der Waals surface area contributed by atoms with E-state index in [1.807, 2.05) is 18.2 Å². The van der Waals surface area contributed by atoms with Crippen LogP contribution in [0.1, 0.15) is 18.2 Å². The number of aliphatic carboxylic acids is 1. The molecule has 132 valence electrons. The Morgan fingerprint density at radius 2 is 1.92 bits per heavy atom. The molecule has 0 aliphatic carbocycles. The molecule has 0 aliphatic rings. The highest BCUT2D eigenvalue weighted by Crippen LogP contribution is 2.14. The number of amides is 1. The van der Waals surface area contributed by atoms with Gasteiger partial charge in [0, 0.05) is 5.69 Å². The number of rotatable bonds is 7. The van der Waals surface area contributed by atoms with Gasteiger partial charge in [0.25, 0.3) is 0 Å². The van der Waals surface area contributed by atoms with Gasteiger partial charge in [-0.25, -0.2) is 9.59 Å². The lowest BCUT2D eigenvalue weighted by molar-refractivity contribution is -0.140. The van der Waals surface area contributed by atoms with Gasteiger partial charge in [-0.1, -0.05) is 37.3 Å². The molecule has 1 aromatic carbocycles. The van der Waals surface area contributed by atoms with Crippen molar-refractivity contribution >= 4 is 12.1 Å². The molecule has 0 fully saturated rings. The molecule has 7 nitrogen and oxygen atoms in total. The number of hydrogen-bond donors (Lipinski definition) is 3. The van der Waals surface area contributed by atoms with Crippen molar-refractivity contribution in [3.63, 3.8) is 0 Å². The first kappa shape index (κ1) is 18.3. The molecular formula is C18H20N2O5. The average Bonchev–Trinajstić information content (AvgIpc) is 2.60. The quantitative estimate of drug-likeness (QED) is 0.711. The number of carbonyl (C=O) groups excluding carboxylic acids is 1. The van der Waals surface area contributed by atoms with Gasteiger partial charge in [0.15, 0.2) is 0 Å². The van der Waals surface area contributed by atoms with Crippen molar-refractivity contribution in [2.75, 3.05) is 0 Å². The maximum atomic E-state index is 11.9. The van der Waals surface area contributed by atoms with E-state index in [9.17, 15) is 19.8 Å². The molecule has 2 atom stereocenters. The SMILES string of the molecule is CC(Cc1ccc(O)cn1)[C@@H](NC(=O)OCc1ccccc1)C(=O)O. The molecule has 0 saturated carbocycles. The molecule has 0 spiro atoms. The fraction of sp³-hybridized carbons (Fsp3) is 0.278. The van der Waals surface area contributed by atoms with E-state index in [0.717, 1.165) is 5.56 Å². The first-order chi connectivity index (χ1) is 12.0. The number of carbonyl (C=O) groups is 2. The Morgan fingerprint density at radius 3 is 2.52 bits per heavy atom. The third-order valence-electron chi connectivity index (χ3n) is 3.66. The molecule has 0 aliphatic heterocycles. The molecule has 0 saturated heterocycles. The summed E-state index contributed by atoms with van der Waals surface area (Å²) in [6.07, 6.45) is 0.831. The van der Waals surface area contributed by atoms with Gasteiger partial charge < -0.3 is 20.3 Å². The van der Waals surface area contributed by atoms with Gasteiger partial charge in [0.1, 0.15) is 18.4 Å². The summed E-state index contributed by atoms with van der Waals surface area (Å²) in [6, 6.07) is 11.1. The van der Waals surface area contributed by atoms with Crippen molar-refractivity contribution in [3.8, 4) is 5.75 Å². The molecule has 1 amide bonds. The maximum Gasteiger partial charge on any atom is 0.408 e. The molecule has 1 heterocycles. The topological polar surface area (TPSA) is 109 Å². The van der Waals surface area contributed by atoms with Gasteiger partial charge in [-0.15, -0.1) is 0 Å². The minimum Gasteiger partial charge on any atom is -0.506 e. The number of benzene rings is 1. The Kier molecular flexibility index (Phi) is 6.33. The molecule has 0 bridgehead atoms. The fourth-order valence-electron chi connectivity index (χ4n) is 2.32. The van der Waals surface area contributed by atoms with E-state index in [1.54, 1.807) is 25.1 Å². The predicted molar refractivity (Wildman–Crippen MR) is 90.0 cm³/mol. The monoisotopic (exact) mass is 344 g/mol. The third-order valence-corrected chi connectivity index (χ3v) is 3.66. The highest BCUT2D eigenvalue weighted by atomic mass is 16.5. The maximum absolute atomic E-state index is 11.9. The number of aromatic nitrogens is 1. The van der Waals surface area contributed by atoms with Crippen molar-refractivity contribution in [3.05, 3.63) is 59.9 Å². The third kappa shape index (κ3) is 5.80. The van der Waals surface area contributed by atoms with Crippen LogP contribution in [0.25, 0.3) is 0 Å². The van der Waals surface area contributed by atoms with E-state index < -0.39 is 24.0 Å². The second kappa shape index (κ2) is 8.68. The van der Waals surface area contributed by atoms with Crippen LogP contribution in [-0.2, 0) is 22.6 Å². The summed E-state index contributed by atoms with van der Waals surface area (Å²) in [5, 5.41) is 21.0. The molecular weight excluding hydrogens is 324 g/mol. The second-order valence-corrected chi connectivity index (χ2v) is 5.71. The second-order valence-electron chi connectivity index (χ2n) is 5.71. The molecule has 25 heavy (non-hydrogen) atoms. The van der Waals surface area contributed by atoms with E-state index in [2.05, 4.69) is 10.3 Å². The molecule has 2 rings (SSSR count). The van der Waals surface area contributed by atoms with Crippen LogP contribution in [0, 0.1) is 5.92 Å². The number of nitrogens with one attached hydrogen (secondary N) is 1. The lowest BCUT2D eigenvalue weighted by atomic mass is 9.96. The lowest BCUT2D eigenvalue weighted by Crippen LogP contribution is -2.46. The number of alkyl carbamates (subject to hydrolysis) is 1. The summed E-state index contributed by atoms with van der Waals surface area (Å²) in [7, 11) is 0. The Balaban J connectivity index is 1.91. The zero-order valence-electron chi connectivity index (χ0n) is 13.8. The Bertz CT molecular complexity index is 703. The molecule has 3 N–H and O–H groups in total. The Morgan fingerprint density at radius 1 is 1.20 bits per heavy atom. The average molecular weight is 344 g/mol. The summed E-state index contributed by atoms with van der Waals surface area (Å²) in [4.78, 5) is 27.4. The van der Waals surface area contributed by atoms with Crippen LogP contribution in [0.15, 0.2) is 48.7 Å². The van der Waals surface area contributed by atoms with Gasteiger partial charge in [-0.05, 0) is 30.0 Å². The number of hydrogen-bond acceptors (Lipinski definition) is 5. The summed E-state index contributed by atoms with van der Waals surface area (Å²) in [5.41, 5.74) is 1.43. The number of aromatic hydroxyl groups is 1. The van der Waals surface area contributed by atoms with Crippen molar-refractivity contribution in [2.24, 2.45) is 5.92 Å². The van der Waals surface area contributed by atoms with Crippen LogP contribution < -0.4 is 5.32 Å². The number of carboxylic acid groups (broad SMARTS) is 1. The zero-order chi connectivity index (χ0) is 18.2. The van der Waals surface area contributed by atoms with Crippen LogP contribution in [0.3, 0.4) is 0 Å². The van der Waals surface area contributed by atoms with E-state index in [-0.39, 0.29) is 12.4 Å². The van der Waals surface area contributed by atoms with Crippen LogP contribution in [-0.4, -0.2) is 33.3 Å². The van der Waals surface area contributed by atoms with Crippen molar-refractivity contribution in [2.45, 2.75) is 26.0 Å². The zero-order valence-corrected chi connectivity index (χ0v) is 13.8. The summed E-state index contributed by atoms with van der Waals surface area (Å²) < 4.78 is 5.06. The van der Waals surface area contributed by atoms with Crippen molar-refractivity contribution in [1.82, 2.24) is 10.3 Å². The van der Waals surface area contributed by atoms with E-state index >= 15 is 0 Å². The largest absolute Gasteiger partial charge is 0.506 e. The van der Waals surface area contributed by atoms with Crippen molar-refractivity contribution in [1.29, 1.82) is 0 Å². The van der Waals surface area contributed by atoms with E-state index in [4.69, 9.17) is 4.74 Å². The normalized spacial score (nSPS) is 12.8. The Hall–Kier alpha value is -3.09. The molecule has 1 unspecified atom stereocenters. The number of ether oxygens (including phenoxy) is 1. The molecule has 1 aromatic heterocycles. The van der Waals surface area contributed by atoms with E-state index in [0.29, 0.717) is 12.1 Å². The predicted octanol–water partition coefficient (Wildman–Crippen LogP) is 2.35. The van der Waals surface area contributed by atoms with Crippen molar-refractivity contribution < 1.29 is 24.5 Å². The van der Waals surface area contributed by atoms with Gasteiger partial charge in [0.05, 0.1) is 6.20 Å². The highest BCUT2D eigenvalue weighted by Gasteiger charge is 2.27. The first-order valence-corrected chi connectivity index (χ1v) is 7.79. The van der Waals surface area contributed by atoms with Gasteiger partial charge in [0.2, 0.25) is 0 Å². The number of nitrogens with zero attached hydrogens (tertiary/aromatic N) is 1. The Labute approximate surface area is 145 Å². The molecule has 0 radical (unpaired) electrons. The number of carboxylic acids is 1. The van der Waals surface area contributed by atoms with Crippen LogP contribution in [0.5, 0.6) is 5.75 Å². The minimum atomic E-state index is -1.15. The smallest absolute Gasteiger partial charge is 0.408 e. The number of pyridine rings is 1. The van der Waals surface area contributed by atoms with Crippen LogP contribution >= 0.6 is 0 Å². The molecule has 7 heteroatoms.